The summed E-state index contributed by atoms with van der Waals surface area (Å²) in [4.78, 5) is 11.5. The second-order valence-electron chi connectivity index (χ2n) is 7.51. The minimum absolute atomic E-state index is 0.0676. The van der Waals surface area contributed by atoms with E-state index in [2.05, 4.69) is 55.4 Å². The van der Waals surface area contributed by atoms with E-state index in [-0.39, 0.29) is 23.4 Å². The summed E-state index contributed by atoms with van der Waals surface area (Å²) in [6, 6.07) is 0. The van der Waals surface area contributed by atoms with Crippen LogP contribution in [0.25, 0.3) is 0 Å². The van der Waals surface area contributed by atoms with Crippen LogP contribution in [-0.2, 0) is 14.3 Å². The van der Waals surface area contributed by atoms with Crippen molar-refractivity contribution in [1.29, 1.82) is 0 Å². The predicted molar refractivity (Wildman–Crippen MR) is 101 cm³/mol. The van der Waals surface area contributed by atoms with Gasteiger partial charge in [0, 0.05) is 12.8 Å². The molecule has 0 saturated heterocycles. The Labute approximate surface area is 153 Å². The van der Waals surface area contributed by atoms with Gasteiger partial charge >= 0.3 is 5.97 Å². The molecule has 0 amide bonds. The number of hydrogen-bond donors (Lipinski definition) is 0. The fourth-order valence-electron chi connectivity index (χ4n) is 3.95. The van der Waals surface area contributed by atoms with E-state index in [4.69, 9.17) is 9.47 Å². The zero-order valence-corrected chi connectivity index (χ0v) is 16.8. The van der Waals surface area contributed by atoms with Gasteiger partial charge in [0.25, 0.3) is 0 Å². The number of rotatable bonds is 4. The highest BCUT2D eigenvalue weighted by molar-refractivity contribution is 9.11. The zero-order chi connectivity index (χ0) is 18.1. The van der Waals surface area contributed by atoms with Gasteiger partial charge < -0.3 is 9.47 Å². The monoisotopic (exact) mass is 394 g/mol. The van der Waals surface area contributed by atoms with E-state index in [1.54, 1.807) is 7.11 Å². The van der Waals surface area contributed by atoms with Crippen LogP contribution in [0.2, 0.25) is 0 Å². The Morgan fingerprint density at radius 1 is 1.42 bits per heavy atom. The van der Waals surface area contributed by atoms with E-state index in [0.717, 1.165) is 28.7 Å². The molecule has 0 spiro atoms. The Kier molecular flexibility index (Phi) is 5.79. The lowest BCUT2D eigenvalue weighted by Crippen LogP contribution is -2.34. The van der Waals surface area contributed by atoms with Gasteiger partial charge in [0.1, 0.15) is 11.9 Å². The fourth-order valence-corrected chi connectivity index (χ4v) is 4.51. The molecule has 2 aliphatic carbocycles. The van der Waals surface area contributed by atoms with E-state index >= 15 is 0 Å². The highest BCUT2D eigenvalue weighted by Crippen LogP contribution is 2.47. The third kappa shape index (κ3) is 4.21. The molecule has 0 aromatic carbocycles. The molecule has 2 aliphatic rings. The lowest BCUT2D eigenvalue weighted by Gasteiger charge is -2.41. The van der Waals surface area contributed by atoms with E-state index in [1.165, 1.54) is 12.5 Å². The third-order valence-electron chi connectivity index (χ3n) is 4.92. The van der Waals surface area contributed by atoms with Crippen molar-refractivity contribution in [3.8, 4) is 0 Å². The van der Waals surface area contributed by atoms with Crippen molar-refractivity contribution in [2.75, 3.05) is 7.11 Å². The number of hydrogen-bond acceptors (Lipinski definition) is 3. The van der Waals surface area contributed by atoms with Crippen LogP contribution in [0.15, 0.2) is 46.2 Å². The quantitative estimate of drug-likeness (QED) is 0.607. The molecule has 0 aliphatic heterocycles. The topological polar surface area (TPSA) is 35.5 Å². The smallest absolute Gasteiger partial charge is 0.303 e. The van der Waals surface area contributed by atoms with Crippen molar-refractivity contribution < 1.29 is 14.3 Å². The SMILES string of the molecule is C=C1C=C(C)CC(C)(C)C1CC1C=C(OC)C(Br)=CC1OC(C)=O. The predicted octanol–water partition coefficient (Wildman–Crippen LogP) is 5.30. The maximum Gasteiger partial charge on any atom is 0.303 e. The Bertz CT molecular complexity index is 625. The number of carbonyl (C=O) groups excluding carboxylic acids is 1. The van der Waals surface area contributed by atoms with E-state index in [0.29, 0.717) is 5.92 Å². The average molecular weight is 395 g/mol. The van der Waals surface area contributed by atoms with Gasteiger partial charge in [-0.15, -0.1) is 0 Å². The molecule has 3 nitrogen and oxygen atoms in total. The Hall–Kier alpha value is -1.29. The molecule has 132 valence electrons. The summed E-state index contributed by atoms with van der Waals surface area (Å²) < 4.78 is 11.8. The molecule has 0 radical (unpaired) electrons. The first-order valence-electron chi connectivity index (χ1n) is 8.30. The Morgan fingerprint density at radius 3 is 2.62 bits per heavy atom. The van der Waals surface area contributed by atoms with Crippen molar-refractivity contribution in [2.24, 2.45) is 17.3 Å². The molecule has 2 rings (SSSR count). The summed E-state index contributed by atoms with van der Waals surface area (Å²) in [5.41, 5.74) is 2.67. The van der Waals surface area contributed by atoms with Crippen LogP contribution in [0.5, 0.6) is 0 Å². The molecule has 0 saturated carbocycles. The van der Waals surface area contributed by atoms with Gasteiger partial charge in [-0.1, -0.05) is 37.6 Å². The fraction of sp³-hybridized carbons (Fsp3) is 0.550. The summed E-state index contributed by atoms with van der Waals surface area (Å²) in [6.07, 6.45) is 7.83. The molecule has 4 heteroatoms. The van der Waals surface area contributed by atoms with Gasteiger partial charge in [0.15, 0.2) is 0 Å². The van der Waals surface area contributed by atoms with Crippen molar-refractivity contribution >= 4 is 21.9 Å². The molecule has 0 fully saturated rings. The second-order valence-corrected chi connectivity index (χ2v) is 8.36. The zero-order valence-electron chi connectivity index (χ0n) is 15.2. The van der Waals surface area contributed by atoms with Crippen LogP contribution >= 0.6 is 15.9 Å². The number of ether oxygens (including phenoxy) is 2. The molecule has 0 heterocycles. The first-order chi connectivity index (χ1) is 11.1. The summed E-state index contributed by atoms with van der Waals surface area (Å²) in [7, 11) is 1.65. The van der Waals surface area contributed by atoms with Gasteiger partial charge in [-0.25, -0.2) is 0 Å². The molecular formula is C20H27BrO3. The van der Waals surface area contributed by atoms with Gasteiger partial charge in [-0.3, -0.25) is 4.79 Å². The molecule has 0 aromatic rings. The molecule has 3 unspecified atom stereocenters. The number of methoxy groups -OCH3 is 1. The molecule has 24 heavy (non-hydrogen) atoms. The minimum atomic E-state index is -0.286. The first kappa shape index (κ1) is 19.0. The largest absolute Gasteiger partial charge is 0.496 e. The van der Waals surface area contributed by atoms with E-state index in [9.17, 15) is 4.79 Å². The number of esters is 1. The van der Waals surface area contributed by atoms with Crippen LogP contribution in [0.1, 0.15) is 40.5 Å². The van der Waals surface area contributed by atoms with Gasteiger partial charge in [0.05, 0.1) is 11.6 Å². The van der Waals surface area contributed by atoms with E-state index in [1.807, 2.05) is 6.08 Å². The van der Waals surface area contributed by atoms with Crippen molar-refractivity contribution in [1.82, 2.24) is 0 Å². The molecular weight excluding hydrogens is 368 g/mol. The molecule has 0 bridgehead atoms. The highest BCUT2D eigenvalue weighted by Gasteiger charge is 2.38. The average Bonchev–Trinajstić information content (AvgIpc) is 2.43. The summed E-state index contributed by atoms with van der Waals surface area (Å²) in [5.74, 6) is 0.921. The lowest BCUT2D eigenvalue weighted by molar-refractivity contribution is -0.146. The van der Waals surface area contributed by atoms with Crippen LogP contribution in [0.3, 0.4) is 0 Å². The normalized spacial score (nSPS) is 29.3. The van der Waals surface area contributed by atoms with Crippen LogP contribution in [-0.4, -0.2) is 19.2 Å². The first-order valence-corrected chi connectivity index (χ1v) is 9.10. The number of carbonyl (C=O) groups is 1. The van der Waals surface area contributed by atoms with Crippen LogP contribution in [0.4, 0.5) is 0 Å². The van der Waals surface area contributed by atoms with Gasteiger partial charge in [-0.2, -0.15) is 0 Å². The lowest BCUT2D eigenvalue weighted by atomic mass is 9.64. The van der Waals surface area contributed by atoms with Crippen molar-refractivity contribution in [3.05, 3.63) is 46.2 Å². The summed E-state index contributed by atoms with van der Waals surface area (Å²) in [5, 5.41) is 0. The Balaban J connectivity index is 2.28. The second kappa shape index (κ2) is 7.30. The van der Waals surface area contributed by atoms with Crippen molar-refractivity contribution in [3.63, 3.8) is 0 Å². The molecule has 0 N–H and O–H groups in total. The Morgan fingerprint density at radius 2 is 2.08 bits per heavy atom. The van der Waals surface area contributed by atoms with E-state index < -0.39 is 0 Å². The van der Waals surface area contributed by atoms with Crippen LogP contribution in [0, 0.1) is 17.3 Å². The molecule has 0 aromatic heterocycles. The highest BCUT2D eigenvalue weighted by atomic mass is 79.9. The van der Waals surface area contributed by atoms with Crippen molar-refractivity contribution in [2.45, 2.75) is 46.6 Å². The number of allylic oxidation sites excluding steroid dienone is 4. The van der Waals surface area contributed by atoms with Gasteiger partial charge in [-0.05, 0) is 59.2 Å². The standard InChI is InChI=1S/C20H27BrO3/c1-12-7-13(2)16(20(4,5)11-12)8-15-9-19(23-6)17(21)10-18(15)24-14(3)22/h7,9-10,15-16,18H,2,8,11H2,1,3-6H3. The summed E-state index contributed by atoms with van der Waals surface area (Å²) in [6.45, 7) is 12.5. The number of halogens is 1. The molecule has 3 atom stereocenters. The summed E-state index contributed by atoms with van der Waals surface area (Å²) >= 11 is 3.49. The maximum atomic E-state index is 11.5. The third-order valence-corrected chi connectivity index (χ3v) is 5.58. The van der Waals surface area contributed by atoms with Gasteiger partial charge in [0.2, 0.25) is 0 Å². The maximum absolute atomic E-state index is 11.5. The van der Waals surface area contributed by atoms with Crippen LogP contribution < -0.4 is 0 Å². The minimum Gasteiger partial charge on any atom is -0.496 e.